The first-order valence-electron chi connectivity index (χ1n) is 8.26. The molecule has 3 unspecified atom stereocenters. The van der Waals surface area contributed by atoms with E-state index in [0.717, 1.165) is 17.5 Å². The average molecular weight is 318 g/mol. The Kier molecular flexibility index (Phi) is 5.77. The van der Waals surface area contributed by atoms with E-state index >= 15 is 0 Å². The number of nitrogens with one attached hydrogen (secondary N) is 1. The van der Waals surface area contributed by atoms with Gasteiger partial charge in [-0.1, -0.05) is 38.1 Å². The molecule has 0 fully saturated rings. The number of rotatable bonds is 5. The Labute approximate surface area is 137 Å². The van der Waals surface area contributed by atoms with E-state index in [0.29, 0.717) is 13.0 Å². The predicted octanol–water partition coefficient (Wildman–Crippen LogP) is 1.48. The highest BCUT2D eigenvalue weighted by molar-refractivity contribution is 5.89. The molecule has 0 aromatic heterocycles. The number of amides is 2. The molecule has 23 heavy (non-hydrogen) atoms. The Morgan fingerprint density at radius 1 is 1.30 bits per heavy atom. The number of nitrogens with zero attached hydrogens (tertiary/aromatic N) is 1. The van der Waals surface area contributed by atoms with Crippen LogP contribution in [-0.4, -0.2) is 40.5 Å². The molecule has 0 saturated carbocycles. The van der Waals surface area contributed by atoms with E-state index in [-0.39, 0.29) is 30.4 Å². The average Bonchev–Trinajstić information content (AvgIpc) is 2.58. The van der Waals surface area contributed by atoms with Gasteiger partial charge in [-0.15, -0.1) is 0 Å². The van der Waals surface area contributed by atoms with Crippen molar-refractivity contribution in [3.05, 3.63) is 35.4 Å². The molecule has 1 aliphatic heterocycles. The Bertz CT molecular complexity index is 573. The van der Waals surface area contributed by atoms with Crippen LogP contribution in [0.5, 0.6) is 0 Å². The van der Waals surface area contributed by atoms with E-state index in [4.69, 9.17) is 5.11 Å². The molecule has 1 aromatic rings. The monoisotopic (exact) mass is 318 g/mol. The van der Waals surface area contributed by atoms with Crippen LogP contribution in [0, 0.1) is 5.92 Å². The number of aliphatic hydroxyl groups is 1. The zero-order valence-corrected chi connectivity index (χ0v) is 14.1. The molecule has 1 aliphatic rings. The minimum Gasteiger partial charge on any atom is -0.394 e. The summed E-state index contributed by atoms with van der Waals surface area (Å²) in [6.07, 6.45) is 1.26. The van der Waals surface area contributed by atoms with E-state index in [1.165, 1.54) is 0 Å². The lowest BCUT2D eigenvalue weighted by Gasteiger charge is -2.37. The molecule has 5 heteroatoms. The molecule has 0 bridgehead atoms. The third-order valence-corrected chi connectivity index (χ3v) is 4.53. The maximum atomic E-state index is 12.7. The first-order valence-corrected chi connectivity index (χ1v) is 8.26. The SMILES string of the molecule is CCC(C)C(=O)N1Cc2ccccc2CC1C(=O)NC(C)CO. The predicted molar refractivity (Wildman–Crippen MR) is 88.6 cm³/mol. The molecule has 0 aliphatic carbocycles. The lowest BCUT2D eigenvalue weighted by Crippen LogP contribution is -2.55. The van der Waals surface area contributed by atoms with Gasteiger partial charge >= 0.3 is 0 Å². The van der Waals surface area contributed by atoms with Crippen molar-refractivity contribution in [1.29, 1.82) is 0 Å². The maximum Gasteiger partial charge on any atom is 0.243 e. The second-order valence-electron chi connectivity index (χ2n) is 6.36. The quantitative estimate of drug-likeness (QED) is 0.864. The second-order valence-corrected chi connectivity index (χ2v) is 6.36. The molecule has 126 valence electrons. The van der Waals surface area contributed by atoms with Crippen molar-refractivity contribution in [2.45, 2.75) is 52.2 Å². The number of hydrogen-bond acceptors (Lipinski definition) is 3. The van der Waals surface area contributed by atoms with Crippen LogP contribution in [0.1, 0.15) is 38.3 Å². The standard InChI is InChI=1S/C18H26N2O3/c1-4-12(2)18(23)20-10-15-8-6-5-7-14(15)9-16(20)17(22)19-13(3)11-21/h5-8,12-13,16,21H,4,9-11H2,1-3H3,(H,19,22). The number of carbonyl (C=O) groups excluding carboxylic acids is 2. The molecule has 5 nitrogen and oxygen atoms in total. The number of carbonyl (C=O) groups is 2. The van der Waals surface area contributed by atoms with Crippen molar-refractivity contribution in [2.75, 3.05) is 6.61 Å². The smallest absolute Gasteiger partial charge is 0.243 e. The van der Waals surface area contributed by atoms with Gasteiger partial charge in [0.1, 0.15) is 6.04 Å². The number of hydrogen-bond donors (Lipinski definition) is 2. The Morgan fingerprint density at radius 2 is 1.96 bits per heavy atom. The highest BCUT2D eigenvalue weighted by atomic mass is 16.3. The van der Waals surface area contributed by atoms with E-state index in [9.17, 15) is 9.59 Å². The highest BCUT2D eigenvalue weighted by Crippen LogP contribution is 2.25. The Balaban J connectivity index is 2.27. The summed E-state index contributed by atoms with van der Waals surface area (Å²) in [5.41, 5.74) is 2.21. The van der Waals surface area contributed by atoms with Crippen LogP contribution in [0.15, 0.2) is 24.3 Å². The second kappa shape index (κ2) is 7.59. The van der Waals surface area contributed by atoms with Crippen molar-refractivity contribution in [3.63, 3.8) is 0 Å². The minimum atomic E-state index is -0.514. The van der Waals surface area contributed by atoms with Crippen LogP contribution in [0.2, 0.25) is 0 Å². The van der Waals surface area contributed by atoms with Crippen molar-refractivity contribution in [2.24, 2.45) is 5.92 Å². The fourth-order valence-electron chi connectivity index (χ4n) is 2.83. The summed E-state index contributed by atoms with van der Waals surface area (Å²) in [5, 5.41) is 11.9. The third kappa shape index (κ3) is 3.91. The molecular formula is C18H26N2O3. The summed E-state index contributed by atoms with van der Waals surface area (Å²) < 4.78 is 0. The number of aliphatic hydroxyl groups excluding tert-OH is 1. The lowest BCUT2D eigenvalue weighted by molar-refractivity contribution is -0.145. The normalized spacial score (nSPS) is 19.7. The Morgan fingerprint density at radius 3 is 2.57 bits per heavy atom. The first-order chi connectivity index (χ1) is 11.0. The molecule has 2 amide bonds. The van der Waals surface area contributed by atoms with Crippen LogP contribution in [0.4, 0.5) is 0 Å². The summed E-state index contributed by atoms with van der Waals surface area (Å²) >= 11 is 0. The summed E-state index contributed by atoms with van der Waals surface area (Å²) in [5.74, 6) is -0.290. The molecule has 1 heterocycles. The van der Waals surface area contributed by atoms with Crippen LogP contribution in [0.25, 0.3) is 0 Å². The number of benzene rings is 1. The highest BCUT2D eigenvalue weighted by Gasteiger charge is 2.36. The van der Waals surface area contributed by atoms with Gasteiger partial charge in [0, 0.05) is 24.9 Å². The van der Waals surface area contributed by atoms with Crippen molar-refractivity contribution in [1.82, 2.24) is 10.2 Å². The largest absolute Gasteiger partial charge is 0.394 e. The van der Waals surface area contributed by atoms with Gasteiger partial charge in [0.05, 0.1) is 6.61 Å². The van der Waals surface area contributed by atoms with Crippen molar-refractivity contribution < 1.29 is 14.7 Å². The molecular weight excluding hydrogens is 292 g/mol. The van der Waals surface area contributed by atoms with E-state index in [1.807, 2.05) is 38.1 Å². The zero-order valence-electron chi connectivity index (χ0n) is 14.1. The van der Waals surface area contributed by atoms with Gasteiger partial charge in [0.2, 0.25) is 11.8 Å². The molecule has 2 rings (SSSR count). The maximum absolute atomic E-state index is 12.7. The van der Waals surface area contributed by atoms with E-state index in [1.54, 1.807) is 11.8 Å². The fraction of sp³-hybridized carbons (Fsp3) is 0.556. The van der Waals surface area contributed by atoms with E-state index in [2.05, 4.69) is 5.32 Å². The zero-order chi connectivity index (χ0) is 17.0. The van der Waals surface area contributed by atoms with Crippen LogP contribution < -0.4 is 5.32 Å². The molecule has 3 atom stereocenters. The van der Waals surface area contributed by atoms with Crippen molar-refractivity contribution >= 4 is 11.8 Å². The molecule has 0 radical (unpaired) electrons. The summed E-state index contributed by atoms with van der Waals surface area (Å²) in [6.45, 7) is 5.96. The van der Waals surface area contributed by atoms with E-state index < -0.39 is 6.04 Å². The van der Waals surface area contributed by atoms with Crippen LogP contribution in [0.3, 0.4) is 0 Å². The lowest BCUT2D eigenvalue weighted by atomic mass is 9.92. The third-order valence-electron chi connectivity index (χ3n) is 4.53. The summed E-state index contributed by atoms with van der Waals surface area (Å²) in [6, 6.07) is 7.10. The van der Waals surface area contributed by atoms with Gasteiger partial charge in [-0.2, -0.15) is 0 Å². The van der Waals surface area contributed by atoms with Gasteiger partial charge in [0.15, 0.2) is 0 Å². The molecule has 1 aromatic carbocycles. The van der Waals surface area contributed by atoms with Crippen molar-refractivity contribution in [3.8, 4) is 0 Å². The molecule has 2 N–H and O–H groups in total. The molecule has 0 saturated heterocycles. The van der Waals surface area contributed by atoms with Crippen LogP contribution in [-0.2, 0) is 22.6 Å². The summed E-state index contributed by atoms with van der Waals surface area (Å²) in [7, 11) is 0. The van der Waals surface area contributed by atoms with Crippen LogP contribution >= 0.6 is 0 Å². The van der Waals surface area contributed by atoms with Gasteiger partial charge in [-0.25, -0.2) is 0 Å². The van der Waals surface area contributed by atoms with Gasteiger partial charge in [-0.3, -0.25) is 9.59 Å². The minimum absolute atomic E-state index is 0.0128. The summed E-state index contributed by atoms with van der Waals surface area (Å²) in [4.78, 5) is 27.0. The van der Waals surface area contributed by atoms with Gasteiger partial charge < -0.3 is 15.3 Å². The van der Waals surface area contributed by atoms with Gasteiger partial charge in [-0.05, 0) is 24.5 Å². The molecule has 0 spiro atoms. The first kappa shape index (κ1) is 17.5. The Hall–Kier alpha value is -1.88. The fourth-order valence-corrected chi connectivity index (χ4v) is 2.83. The topological polar surface area (TPSA) is 69.6 Å². The number of fused-ring (bicyclic) bond motifs is 1. The van der Waals surface area contributed by atoms with Gasteiger partial charge in [0.25, 0.3) is 0 Å².